The van der Waals surface area contributed by atoms with Crippen LogP contribution in [0.4, 0.5) is 10.6 Å². The number of urea groups is 1. The number of carboxylic acid groups (broad SMARTS) is 1. The molecule has 0 spiro atoms. The molecule has 0 bridgehead atoms. The van der Waals surface area contributed by atoms with E-state index in [9.17, 15) is 14.4 Å². The van der Waals surface area contributed by atoms with Crippen molar-refractivity contribution in [3.05, 3.63) is 23.9 Å². The first kappa shape index (κ1) is 14.8. The van der Waals surface area contributed by atoms with E-state index in [4.69, 9.17) is 10.8 Å². The molecule has 1 aliphatic rings. The van der Waals surface area contributed by atoms with E-state index in [1.54, 1.807) is 0 Å². The SMILES string of the molecule is NC(=O)N1CCCC(C(=O)Nc2cccc(C(=O)O)n2)C1. The Morgan fingerprint density at radius 3 is 2.81 bits per heavy atom. The number of rotatable bonds is 3. The molecule has 8 heteroatoms. The molecule has 1 saturated heterocycles. The molecule has 21 heavy (non-hydrogen) atoms. The molecule has 0 radical (unpaired) electrons. The van der Waals surface area contributed by atoms with Crippen molar-refractivity contribution in [3.63, 3.8) is 0 Å². The summed E-state index contributed by atoms with van der Waals surface area (Å²) in [5.74, 6) is -1.66. The highest BCUT2D eigenvalue weighted by Crippen LogP contribution is 2.18. The van der Waals surface area contributed by atoms with Crippen LogP contribution in [-0.2, 0) is 4.79 Å². The Balaban J connectivity index is 2.02. The number of amides is 3. The maximum absolute atomic E-state index is 12.1. The predicted molar refractivity (Wildman–Crippen MR) is 73.7 cm³/mol. The molecule has 8 nitrogen and oxygen atoms in total. The van der Waals surface area contributed by atoms with Gasteiger partial charge in [-0.15, -0.1) is 0 Å². The Hall–Kier alpha value is -2.64. The van der Waals surface area contributed by atoms with Crippen molar-refractivity contribution in [1.29, 1.82) is 0 Å². The van der Waals surface area contributed by atoms with Gasteiger partial charge in [0.25, 0.3) is 0 Å². The minimum atomic E-state index is -1.16. The van der Waals surface area contributed by atoms with Gasteiger partial charge < -0.3 is 21.1 Å². The summed E-state index contributed by atoms with van der Waals surface area (Å²) in [5.41, 5.74) is 5.07. The largest absolute Gasteiger partial charge is 0.477 e. The zero-order chi connectivity index (χ0) is 15.4. The Morgan fingerprint density at radius 1 is 1.38 bits per heavy atom. The first-order chi connectivity index (χ1) is 9.97. The lowest BCUT2D eigenvalue weighted by Gasteiger charge is -2.30. The van der Waals surface area contributed by atoms with Gasteiger partial charge in [-0.1, -0.05) is 6.07 Å². The molecule has 3 amide bonds. The van der Waals surface area contributed by atoms with Crippen LogP contribution in [0.15, 0.2) is 18.2 Å². The van der Waals surface area contributed by atoms with E-state index in [0.29, 0.717) is 19.4 Å². The van der Waals surface area contributed by atoms with Gasteiger partial charge in [-0.3, -0.25) is 4.79 Å². The zero-order valence-corrected chi connectivity index (χ0v) is 11.3. The number of carbonyl (C=O) groups excluding carboxylic acids is 2. The molecule has 2 heterocycles. The second-order valence-corrected chi connectivity index (χ2v) is 4.83. The Labute approximate surface area is 120 Å². The lowest BCUT2D eigenvalue weighted by Crippen LogP contribution is -2.46. The minimum absolute atomic E-state index is 0.143. The van der Waals surface area contributed by atoms with Crippen molar-refractivity contribution in [2.45, 2.75) is 12.8 Å². The molecule has 0 aromatic carbocycles. The van der Waals surface area contributed by atoms with Gasteiger partial charge in [0.15, 0.2) is 5.69 Å². The summed E-state index contributed by atoms with van der Waals surface area (Å²) in [4.78, 5) is 39.4. The maximum Gasteiger partial charge on any atom is 0.354 e. The number of anilines is 1. The highest BCUT2D eigenvalue weighted by atomic mass is 16.4. The predicted octanol–water partition coefficient (Wildman–Crippen LogP) is 0.509. The quantitative estimate of drug-likeness (QED) is 0.748. The monoisotopic (exact) mass is 292 g/mol. The topological polar surface area (TPSA) is 126 Å². The van der Waals surface area contributed by atoms with E-state index in [-0.39, 0.29) is 29.9 Å². The number of hydrogen-bond donors (Lipinski definition) is 3. The third kappa shape index (κ3) is 3.68. The van der Waals surface area contributed by atoms with Crippen LogP contribution in [0.5, 0.6) is 0 Å². The number of carbonyl (C=O) groups is 3. The number of likely N-dealkylation sites (tertiary alicyclic amines) is 1. The number of carboxylic acids is 1. The van der Waals surface area contributed by atoms with Gasteiger partial charge in [0.1, 0.15) is 5.82 Å². The van der Waals surface area contributed by atoms with Crippen LogP contribution in [0, 0.1) is 5.92 Å². The average molecular weight is 292 g/mol. The van der Waals surface area contributed by atoms with E-state index in [2.05, 4.69) is 10.3 Å². The summed E-state index contributed by atoms with van der Waals surface area (Å²) in [6.07, 6.45) is 1.35. The van der Waals surface area contributed by atoms with Gasteiger partial charge in [0, 0.05) is 13.1 Å². The van der Waals surface area contributed by atoms with E-state index < -0.39 is 12.0 Å². The Kier molecular flexibility index (Phi) is 4.36. The lowest BCUT2D eigenvalue weighted by molar-refractivity contribution is -0.121. The molecule has 4 N–H and O–H groups in total. The number of hydrogen-bond acceptors (Lipinski definition) is 4. The number of piperidine rings is 1. The number of aromatic carboxylic acids is 1. The first-order valence-electron chi connectivity index (χ1n) is 6.53. The summed E-state index contributed by atoms with van der Waals surface area (Å²) < 4.78 is 0. The number of aromatic nitrogens is 1. The van der Waals surface area contributed by atoms with Crippen LogP contribution in [0.3, 0.4) is 0 Å². The van der Waals surface area contributed by atoms with Crippen molar-refractivity contribution in [3.8, 4) is 0 Å². The van der Waals surface area contributed by atoms with Crippen molar-refractivity contribution < 1.29 is 19.5 Å². The van der Waals surface area contributed by atoms with E-state index >= 15 is 0 Å². The molecule has 2 rings (SSSR count). The van der Waals surface area contributed by atoms with Crippen molar-refractivity contribution >= 4 is 23.7 Å². The molecule has 1 atom stereocenters. The van der Waals surface area contributed by atoms with E-state index in [0.717, 1.165) is 0 Å². The van der Waals surface area contributed by atoms with Crippen LogP contribution in [0.1, 0.15) is 23.3 Å². The molecule has 1 fully saturated rings. The minimum Gasteiger partial charge on any atom is -0.477 e. The number of nitrogens with two attached hydrogens (primary N) is 1. The van der Waals surface area contributed by atoms with Crippen molar-refractivity contribution in [2.24, 2.45) is 11.7 Å². The number of primary amides is 1. The number of nitrogens with one attached hydrogen (secondary N) is 1. The smallest absolute Gasteiger partial charge is 0.354 e. The third-order valence-electron chi connectivity index (χ3n) is 3.32. The van der Waals surface area contributed by atoms with Crippen LogP contribution in [0.25, 0.3) is 0 Å². The van der Waals surface area contributed by atoms with Crippen LogP contribution in [-0.4, -0.2) is 46.0 Å². The van der Waals surface area contributed by atoms with Gasteiger partial charge in [0.05, 0.1) is 5.92 Å². The van der Waals surface area contributed by atoms with Gasteiger partial charge in [0.2, 0.25) is 5.91 Å². The highest BCUT2D eigenvalue weighted by Gasteiger charge is 2.27. The van der Waals surface area contributed by atoms with Crippen molar-refractivity contribution in [1.82, 2.24) is 9.88 Å². The molecule has 1 aliphatic heterocycles. The van der Waals surface area contributed by atoms with Crippen LogP contribution < -0.4 is 11.1 Å². The van der Waals surface area contributed by atoms with Crippen LogP contribution in [0.2, 0.25) is 0 Å². The normalized spacial score (nSPS) is 18.1. The molecule has 0 saturated carbocycles. The summed E-state index contributed by atoms with van der Waals surface area (Å²) in [5, 5.41) is 11.4. The fraction of sp³-hybridized carbons (Fsp3) is 0.385. The molecule has 1 aromatic rings. The zero-order valence-electron chi connectivity index (χ0n) is 11.3. The lowest BCUT2D eigenvalue weighted by atomic mass is 9.97. The third-order valence-corrected chi connectivity index (χ3v) is 3.32. The molecule has 112 valence electrons. The molecule has 0 aliphatic carbocycles. The fourth-order valence-corrected chi connectivity index (χ4v) is 2.24. The molecule has 1 aromatic heterocycles. The summed E-state index contributed by atoms with van der Waals surface area (Å²) >= 11 is 0. The van der Waals surface area contributed by atoms with E-state index in [1.807, 2.05) is 0 Å². The van der Waals surface area contributed by atoms with E-state index in [1.165, 1.54) is 23.1 Å². The average Bonchev–Trinajstić information content (AvgIpc) is 2.47. The molecule has 1 unspecified atom stereocenters. The highest BCUT2D eigenvalue weighted by molar-refractivity contribution is 5.93. The van der Waals surface area contributed by atoms with Crippen molar-refractivity contribution in [2.75, 3.05) is 18.4 Å². The summed E-state index contributed by atoms with van der Waals surface area (Å²) in [6, 6.07) is 3.81. The number of nitrogens with zero attached hydrogens (tertiary/aromatic N) is 2. The van der Waals surface area contributed by atoms with Gasteiger partial charge in [-0.2, -0.15) is 0 Å². The van der Waals surface area contributed by atoms with Crippen LogP contribution >= 0.6 is 0 Å². The van der Waals surface area contributed by atoms with Gasteiger partial charge >= 0.3 is 12.0 Å². The van der Waals surface area contributed by atoms with Gasteiger partial charge in [-0.05, 0) is 25.0 Å². The second-order valence-electron chi connectivity index (χ2n) is 4.83. The fourth-order valence-electron chi connectivity index (χ4n) is 2.24. The second kappa shape index (κ2) is 6.21. The molecular weight excluding hydrogens is 276 g/mol. The Morgan fingerprint density at radius 2 is 2.14 bits per heavy atom. The maximum atomic E-state index is 12.1. The standard InChI is InChI=1S/C13H16N4O4/c14-13(21)17-6-2-3-8(7-17)11(18)16-10-5-1-4-9(15-10)12(19)20/h1,4-5,8H,2-3,6-7H2,(H2,14,21)(H,19,20)(H,15,16,18). The summed E-state index contributed by atoms with van der Waals surface area (Å²) in [6.45, 7) is 0.811. The Bertz CT molecular complexity index is 575. The summed E-state index contributed by atoms with van der Waals surface area (Å²) in [7, 11) is 0. The first-order valence-corrected chi connectivity index (χ1v) is 6.53. The number of pyridine rings is 1. The van der Waals surface area contributed by atoms with Gasteiger partial charge in [-0.25, -0.2) is 14.6 Å². The molecular formula is C13H16N4O4.